The molecule has 0 unspecified atom stereocenters. The second-order valence-electron chi connectivity index (χ2n) is 3.54. The lowest BCUT2D eigenvalue weighted by atomic mass is 9.97. The van der Waals surface area contributed by atoms with E-state index in [9.17, 15) is 0 Å². The van der Waals surface area contributed by atoms with Crippen LogP contribution in [0, 0.1) is 11.3 Å². The minimum atomic E-state index is 0.698. The summed E-state index contributed by atoms with van der Waals surface area (Å²) in [6.07, 6.45) is 7.16. The van der Waals surface area contributed by atoms with Crippen molar-refractivity contribution in [2.45, 2.75) is 6.42 Å². The highest BCUT2D eigenvalue weighted by molar-refractivity contribution is 5.76. The molecule has 0 aromatic heterocycles. The van der Waals surface area contributed by atoms with E-state index < -0.39 is 0 Å². The fourth-order valence-corrected chi connectivity index (χ4v) is 1.54. The van der Waals surface area contributed by atoms with E-state index in [2.05, 4.69) is 24.8 Å². The fraction of sp³-hybridized carbons (Fsp3) is 0.0714. The Morgan fingerprint density at radius 2 is 1.87 bits per heavy atom. The van der Waals surface area contributed by atoms with Crippen molar-refractivity contribution >= 4 is 5.57 Å². The van der Waals surface area contributed by atoms with E-state index in [4.69, 9.17) is 5.26 Å². The molecule has 1 aromatic carbocycles. The van der Waals surface area contributed by atoms with Crippen molar-refractivity contribution in [2.75, 3.05) is 0 Å². The Labute approximate surface area is 89.7 Å². The molecule has 15 heavy (non-hydrogen) atoms. The van der Waals surface area contributed by atoms with Crippen LogP contribution in [0.5, 0.6) is 0 Å². The first-order valence-electron chi connectivity index (χ1n) is 4.86. The van der Waals surface area contributed by atoms with Gasteiger partial charge in [-0.2, -0.15) is 5.26 Å². The number of nitriles is 1. The van der Waals surface area contributed by atoms with Crippen LogP contribution in [0.3, 0.4) is 0 Å². The molecule has 0 N–H and O–H groups in total. The van der Waals surface area contributed by atoms with Crippen molar-refractivity contribution in [3.8, 4) is 6.07 Å². The Morgan fingerprint density at radius 3 is 2.40 bits per heavy atom. The molecule has 0 amide bonds. The lowest BCUT2D eigenvalue weighted by Gasteiger charge is -2.08. The first-order chi connectivity index (χ1) is 7.29. The molecule has 1 aliphatic carbocycles. The summed E-state index contributed by atoms with van der Waals surface area (Å²) in [5.74, 6) is 0. The van der Waals surface area contributed by atoms with Gasteiger partial charge in [0.05, 0.1) is 11.6 Å². The second-order valence-corrected chi connectivity index (χ2v) is 3.54. The van der Waals surface area contributed by atoms with E-state index in [1.54, 1.807) is 0 Å². The van der Waals surface area contributed by atoms with Crippen molar-refractivity contribution in [3.63, 3.8) is 0 Å². The van der Waals surface area contributed by atoms with Gasteiger partial charge in [0, 0.05) is 0 Å². The van der Waals surface area contributed by atoms with Gasteiger partial charge in [0.2, 0.25) is 0 Å². The Morgan fingerprint density at radius 1 is 1.13 bits per heavy atom. The maximum Gasteiger partial charge on any atom is 0.0991 e. The van der Waals surface area contributed by atoms with Gasteiger partial charge in [-0.3, -0.25) is 0 Å². The van der Waals surface area contributed by atoms with Gasteiger partial charge in [0.1, 0.15) is 0 Å². The Bertz CT molecular complexity index is 481. The summed E-state index contributed by atoms with van der Waals surface area (Å²) in [7, 11) is 0. The largest absolute Gasteiger partial charge is 0.192 e. The van der Waals surface area contributed by atoms with Gasteiger partial charge >= 0.3 is 0 Å². The van der Waals surface area contributed by atoms with Gasteiger partial charge in [-0.05, 0) is 29.7 Å². The predicted molar refractivity (Wildman–Crippen MR) is 62.0 cm³/mol. The summed E-state index contributed by atoms with van der Waals surface area (Å²) in [4.78, 5) is 0. The van der Waals surface area contributed by atoms with Gasteiger partial charge in [0.25, 0.3) is 0 Å². The van der Waals surface area contributed by atoms with Gasteiger partial charge in [-0.15, -0.1) is 0 Å². The molecule has 0 fully saturated rings. The first-order valence-corrected chi connectivity index (χ1v) is 4.86. The van der Waals surface area contributed by atoms with Crippen LogP contribution in [0.4, 0.5) is 0 Å². The summed E-state index contributed by atoms with van der Waals surface area (Å²) in [6, 6.07) is 9.74. The molecule has 72 valence electrons. The highest BCUT2D eigenvalue weighted by atomic mass is 14.2. The molecule has 1 nitrogen and oxygen atoms in total. The second kappa shape index (κ2) is 3.98. The topological polar surface area (TPSA) is 23.8 Å². The summed E-state index contributed by atoms with van der Waals surface area (Å²) in [5, 5.41) is 8.68. The molecule has 0 heterocycles. The average molecular weight is 193 g/mol. The third-order valence-electron chi connectivity index (χ3n) is 2.43. The first kappa shape index (κ1) is 9.48. The Hall–Kier alpha value is -2.07. The summed E-state index contributed by atoms with van der Waals surface area (Å²) in [6.45, 7) is 3.90. The molecule has 0 spiro atoms. The van der Waals surface area contributed by atoms with Crippen molar-refractivity contribution < 1.29 is 0 Å². The number of nitrogens with zero attached hydrogens (tertiary/aromatic N) is 1. The molecular weight excluding hydrogens is 182 g/mol. The van der Waals surface area contributed by atoms with Crippen molar-refractivity contribution in [2.24, 2.45) is 0 Å². The van der Waals surface area contributed by atoms with Crippen LogP contribution in [0.1, 0.15) is 17.5 Å². The van der Waals surface area contributed by atoms with Gasteiger partial charge in [-0.25, -0.2) is 0 Å². The van der Waals surface area contributed by atoms with Crippen LogP contribution in [0.2, 0.25) is 0 Å². The van der Waals surface area contributed by atoms with Gasteiger partial charge in [0.15, 0.2) is 0 Å². The number of hydrogen-bond donors (Lipinski definition) is 0. The van der Waals surface area contributed by atoms with Gasteiger partial charge in [-0.1, -0.05) is 42.5 Å². The number of benzene rings is 1. The standard InChI is InChI=1S/C14H11N/c1-11-2-6-13(7-3-11)14-8-4-12(10-15)5-9-14/h2,4-9H,1,3H2. The highest BCUT2D eigenvalue weighted by Gasteiger charge is 2.02. The Kier molecular flexibility index (Phi) is 2.51. The lowest BCUT2D eigenvalue weighted by molar-refractivity contribution is 1.28. The number of hydrogen-bond acceptors (Lipinski definition) is 1. The quantitative estimate of drug-likeness (QED) is 0.670. The predicted octanol–water partition coefficient (Wildman–Crippen LogP) is 3.46. The van der Waals surface area contributed by atoms with Crippen molar-refractivity contribution in [1.82, 2.24) is 0 Å². The molecule has 1 heteroatoms. The molecule has 0 aliphatic heterocycles. The van der Waals surface area contributed by atoms with E-state index >= 15 is 0 Å². The van der Waals surface area contributed by atoms with Crippen LogP contribution in [0.15, 0.2) is 54.6 Å². The molecule has 1 aliphatic rings. The zero-order chi connectivity index (χ0) is 10.7. The number of rotatable bonds is 1. The number of allylic oxidation sites excluding steroid dienone is 5. The summed E-state index contributed by atoms with van der Waals surface area (Å²) >= 11 is 0. The molecule has 0 saturated heterocycles. The minimum absolute atomic E-state index is 0.698. The normalized spacial score (nSPS) is 14.6. The average Bonchev–Trinajstić information content (AvgIpc) is 2.30. The fourth-order valence-electron chi connectivity index (χ4n) is 1.54. The zero-order valence-corrected chi connectivity index (χ0v) is 8.40. The van der Waals surface area contributed by atoms with E-state index in [-0.39, 0.29) is 0 Å². The molecule has 0 atom stereocenters. The lowest BCUT2D eigenvalue weighted by Crippen LogP contribution is -1.87. The summed E-state index contributed by atoms with van der Waals surface area (Å²) in [5.41, 5.74) is 4.18. The molecule has 2 rings (SSSR count). The molecule has 1 aromatic rings. The van der Waals surface area contributed by atoms with E-state index in [0.29, 0.717) is 5.56 Å². The van der Waals surface area contributed by atoms with Crippen LogP contribution in [-0.4, -0.2) is 0 Å². The summed E-state index contributed by atoms with van der Waals surface area (Å²) < 4.78 is 0. The molecule has 0 radical (unpaired) electrons. The maximum absolute atomic E-state index is 8.68. The molecule has 0 saturated carbocycles. The molecule has 0 bridgehead atoms. The maximum atomic E-state index is 8.68. The van der Waals surface area contributed by atoms with Crippen LogP contribution >= 0.6 is 0 Å². The van der Waals surface area contributed by atoms with E-state index in [0.717, 1.165) is 17.6 Å². The minimum Gasteiger partial charge on any atom is -0.192 e. The highest BCUT2D eigenvalue weighted by Crippen LogP contribution is 2.23. The monoisotopic (exact) mass is 193 g/mol. The third-order valence-corrected chi connectivity index (χ3v) is 2.43. The van der Waals surface area contributed by atoms with Crippen LogP contribution < -0.4 is 0 Å². The van der Waals surface area contributed by atoms with Crippen molar-refractivity contribution in [1.29, 1.82) is 5.26 Å². The third kappa shape index (κ3) is 2.05. The zero-order valence-electron chi connectivity index (χ0n) is 8.40. The van der Waals surface area contributed by atoms with Crippen LogP contribution in [-0.2, 0) is 0 Å². The van der Waals surface area contributed by atoms with Crippen molar-refractivity contribution in [3.05, 3.63) is 65.8 Å². The molecular formula is C14H11N. The smallest absolute Gasteiger partial charge is 0.0991 e. The SMILES string of the molecule is C=C1C=CC(c2ccc(C#N)cc2)=CC1. The Balaban J connectivity index is 2.28. The van der Waals surface area contributed by atoms with Crippen LogP contribution in [0.25, 0.3) is 5.57 Å². The van der Waals surface area contributed by atoms with Gasteiger partial charge < -0.3 is 0 Å². The van der Waals surface area contributed by atoms with E-state index in [1.807, 2.05) is 30.3 Å². The van der Waals surface area contributed by atoms with E-state index in [1.165, 1.54) is 5.57 Å².